The number of sulfonamides is 1. The van der Waals surface area contributed by atoms with Crippen LogP contribution < -0.4 is 19.5 Å². The first-order chi connectivity index (χ1) is 33.4. The van der Waals surface area contributed by atoms with Crippen LogP contribution in [0.25, 0.3) is 0 Å². The molecule has 2 bridgehead atoms. The number of esters is 1. The summed E-state index contributed by atoms with van der Waals surface area (Å²) in [6, 6.07) is 25.9. The number of rotatable bonds is 19. The lowest BCUT2D eigenvalue weighted by molar-refractivity contribution is -0.153. The van der Waals surface area contributed by atoms with E-state index in [0.29, 0.717) is 47.3 Å². The number of nitrogens with zero attached hydrogens (tertiary/aromatic N) is 3. The van der Waals surface area contributed by atoms with Gasteiger partial charge in [0.1, 0.15) is 30.6 Å². The number of carbonyl (C=O) groups excluding carboxylic acids is 2. The van der Waals surface area contributed by atoms with Gasteiger partial charge in [-0.1, -0.05) is 83.9 Å². The van der Waals surface area contributed by atoms with Gasteiger partial charge in [0.15, 0.2) is 11.5 Å². The van der Waals surface area contributed by atoms with Crippen molar-refractivity contribution in [2.75, 3.05) is 32.8 Å². The number of halogens is 4. The summed E-state index contributed by atoms with van der Waals surface area (Å²) >= 11 is 13.0. The third kappa shape index (κ3) is 11.9. The van der Waals surface area contributed by atoms with Crippen molar-refractivity contribution in [3.63, 3.8) is 0 Å². The molecule has 5 aliphatic rings. The Bertz CT molecular complexity index is 2690. The monoisotopic (exact) mass is 1000 g/mol. The van der Waals surface area contributed by atoms with Crippen LogP contribution in [0.2, 0.25) is 10.0 Å². The van der Waals surface area contributed by atoms with Gasteiger partial charge in [-0.2, -0.15) is 13.1 Å². The molecule has 13 nitrogen and oxygen atoms in total. The minimum absolute atomic E-state index is 0.0196. The molecule has 10 rings (SSSR count). The van der Waals surface area contributed by atoms with Crippen molar-refractivity contribution in [3.05, 3.63) is 147 Å². The number of pyridine rings is 1. The Morgan fingerprint density at radius 2 is 1.54 bits per heavy atom. The molecule has 4 aromatic carbocycles. The van der Waals surface area contributed by atoms with E-state index in [1.165, 1.54) is 42.7 Å². The lowest BCUT2D eigenvalue weighted by atomic mass is 9.86. The van der Waals surface area contributed by atoms with Crippen molar-refractivity contribution >= 4 is 45.3 Å². The van der Waals surface area contributed by atoms with E-state index in [1.54, 1.807) is 12.1 Å². The second-order valence-electron chi connectivity index (χ2n) is 17.9. The fraction of sp³-hybridized carbons (Fsp3) is 0.392. The molecule has 4 atom stereocenters. The fourth-order valence-corrected chi connectivity index (χ4v) is 11.4. The molecular weight excluding hydrogens is 954 g/mol. The van der Waals surface area contributed by atoms with Crippen molar-refractivity contribution in [2.24, 2.45) is 11.8 Å². The highest BCUT2D eigenvalue weighted by Gasteiger charge is 2.42. The van der Waals surface area contributed by atoms with Gasteiger partial charge < -0.3 is 29.0 Å². The molecule has 5 fully saturated rings. The van der Waals surface area contributed by atoms with Gasteiger partial charge in [0.05, 0.1) is 27.6 Å². The molecule has 0 spiro atoms. The highest BCUT2D eigenvalue weighted by molar-refractivity contribution is 7.89. The number of fused-ring (bicyclic) bond motifs is 3. The number of benzene rings is 4. The van der Waals surface area contributed by atoms with Gasteiger partial charge in [-0.05, 0) is 128 Å². The molecule has 1 aromatic heterocycles. The van der Waals surface area contributed by atoms with Crippen LogP contribution in [-0.4, -0.2) is 86.2 Å². The van der Waals surface area contributed by atoms with Crippen LogP contribution in [-0.2, 0) is 37.3 Å². The summed E-state index contributed by atoms with van der Waals surface area (Å²) in [6.45, 7) is 0.210. The van der Waals surface area contributed by atoms with Crippen LogP contribution in [0.1, 0.15) is 78.5 Å². The summed E-state index contributed by atoms with van der Waals surface area (Å²) < 4.78 is 85.3. The maximum absolute atomic E-state index is 14.2. The maximum atomic E-state index is 14.2. The summed E-state index contributed by atoms with van der Waals surface area (Å²) in [7, 11) is -4.20. The predicted octanol–water partition coefficient (Wildman–Crippen LogP) is 9.95. The highest BCUT2D eigenvalue weighted by Crippen LogP contribution is 2.39. The van der Waals surface area contributed by atoms with Gasteiger partial charge in [0.25, 0.3) is 0 Å². The number of carbonyl (C=O) groups is 2. The minimum Gasteiger partial charge on any atom is -0.489 e. The van der Waals surface area contributed by atoms with Crippen LogP contribution in [0.4, 0.5) is 13.6 Å². The molecule has 0 radical (unpaired) electrons. The number of piperidine rings is 3. The van der Waals surface area contributed by atoms with Gasteiger partial charge >= 0.3 is 18.7 Å². The molecule has 5 heterocycles. The Balaban J connectivity index is 0.871. The number of alkyl carbamates (subject to hydrolysis) is 1. The van der Waals surface area contributed by atoms with Crippen LogP contribution in [0.15, 0.2) is 114 Å². The molecule has 18 heteroatoms. The van der Waals surface area contributed by atoms with Crippen molar-refractivity contribution in [1.29, 1.82) is 0 Å². The van der Waals surface area contributed by atoms with Crippen molar-refractivity contribution in [2.45, 2.75) is 87.4 Å². The quantitative estimate of drug-likeness (QED) is 0.0789. The fourth-order valence-electron chi connectivity index (χ4n) is 9.23. The van der Waals surface area contributed by atoms with E-state index in [0.717, 1.165) is 60.7 Å². The molecule has 1 saturated carbocycles. The topological polar surface area (TPSA) is 146 Å². The lowest BCUT2D eigenvalue weighted by Gasteiger charge is -2.43. The molecule has 69 heavy (non-hydrogen) atoms. The zero-order valence-corrected chi connectivity index (χ0v) is 39.9. The molecule has 1 aliphatic carbocycles. The van der Waals surface area contributed by atoms with Crippen LogP contribution in [0.5, 0.6) is 17.2 Å². The molecule has 364 valence electrons. The van der Waals surface area contributed by atoms with Gasteiger partial charge in [0, 0.05) is 31.9 Å². The first-order valence-corrected chi connectivity index (χ1v) is 25.4. The SMILES string of the molecule is O=C(N[C@@H](c1ccccc1)c1cccc(OCc2ccc(S(=O)(=O)N3CCC[C@H]3C(=O)O[C@@H](Cc3c(Cl)cncc3Cl)c3ccc(OC(F)F)c(OCC4CC4)c3)cc2)c1)O[C@H]1CN2CCC1CC2. The molecular formula is C51H52Cl2F2N4O9S. The number of nitrogens with one attached hydrogen (secondary N) is 1. The summed E-state index contributed by atoms with van der Waals surface area (Å²) in [6.07, 6.45) is 5.59. The molecule has 5 aromatic rings. The van der Waals surface area contributed by atoms with Crippen molar-refractivity contribution in [1.82, 2.24) is 19.5 Å². The smallest absolute Gasteiger partial charge is 0.408 e. The number of ether oxygens (including phenoxy) is 5. The van der Waals surface area contributed by atoms with Crippen molar-refractivity contribution < 1.29 is 50.5 Å². The van der Waals surface area contributed by atoms with E-state index in [2.05, 4.69) is 15.2 Å². The van der Waals surface area contributed by atoms with Gasteiger partial charge in [-0.15, -0.1) is 0 Å². The van der Waals surface area contributed by atoms with E-state index >= 15 is 0 Å². The first-order valence-electron chi connectivity index (χ1n) is 23.2. The standard InChI is InChI=1S/C51H52Cl2F2N4O9S/c52-41-27-56-28-42(53)40(41)26-45(36-15-18-44(67-50(54)55)46(25-36)65-31-32-11-12-32)66-49(60)43-10-5-21-59(43)69(62,63)39-16-13-33(14-17-39)30-64-38-9-4-8-37(24-38)48(35-6-2-1-3-7-35)57-51(61)68-47-29-58-22-19-34(47)20-23-58/h1-4,6-9,13-18,24-25,27-28,32,34,43,45,47-48,50H,5,10-12,19-23,26,29-31H2,(H,57,61)/t43-,45-,47-,48-/m0/s1. The number of hydrogen-bond donors (Lipinski definition) is 1. The molecule has 1 N–H and O–H groups in total. The summed E-state index contributed by atoms with van der Waals surface area (Å²) in [5.74, 6) is 0.264. The Kier molecular flexibility index (Phi) is 15.2. The number of amides is 1. The first kappa shape index (κ1) is 48.5. The second-order valence-corrected chi connectivity index (χ2v) is 20.6. The van der Waals surface area contributed by atoms with E-state index in [9.17, 15) is 26.8 Å². The van der Waals surface area contributed by atoms with E-state index < -0.39 is 46.9 Å². The largest absolute Gasteiger partial charge is 0.489 e. The summed E-state index contributed by atoms with van der Waals surface area (Å²) in [5.41, 5.74) is 3.14. The molecule has 4 saturated heterocycles. The second kappa shape index (κ2) is 21.6. The van der Waals surface area contributed by atoms with Gasteiger partial charge in [-0.3, -0.25) is 14.7 Å². The predicted molar refractivity (Wildman–Crippen MR) is 253 cm³/mol. The Morgan fingerprint density at radius 1 is 0.797 bits per heavy atom. The number of hydrogen-bond acceptors (Lipinski definition) is 11. The van der Waals surface area contributed by atoms with E-state index in [1.807, 2.05) is 54.6 Å². The zero-order chi connectivity index (χ0) is 48.1. The molecule has 0 unspecified atom stereocenters. The van der Waals surface area contributed by atoms with E-state index in [4.69, 9.17) is 46.9 Å². The van der Waals surface area contributed by atoms with Crippen LogP contribution in [0, 0.1) is 11.8 Å². The Labute approximate surface area is 410 Å². The lowest BCUT2D eigenvalue weighted by Crippen LogP contribution is -2.52. The molecule has 1 amide bonds. The van der Waals surface area contributed by atoms with Crippen molar-refractivity contribution in [3.8, 4) is 17.2 Å². The normalized spacial score (nSPS) is 21.1. The van der Waals surface area contributed by atoms with Gasteiger partial charge in [-0.25, -0.2) is 13.2 Å². The zero-order valence-electron chi connectivity index (χ0n) is 37.6. The highest BCUT2D eigenvalue weighted by atomic mass is 35.5. The van der Waals surface area contributed by atoms with Gasteiger partial charge in [0.2, 0.25) is 10.0 Å². The third-order valence-corrected chi connectivity index (χ3v) is 15.8. The maximum Gasteiger partial charge on any atom is 0.408 e. The Morgan fingerprint density at radius 3 is 2.23 bits per heavy atom. The molecule has 4 aliphatic heterocycles. The number of alkyl halides is 2. The Hall–Kier alpha value is -5.52. The van der Waals surface area contributed by atoms with Crippen LogP contribution in [0.3, 0.4) is 0 Å². The summed E-state index contributed by atoms with van der Waals surface area (Å²) in [4.78, 5) is 33.8. The third-order valence-electron chi connectivity index (χ3n) is 13.2. The minimum atomic E-state index is -4.20. The van der Waals surface area contributed by atoms with Crippen LogP contribution >= 0.6 is 23.2 Å². The average molecular weight is 1010 g/mol. The summed E-state index contributed by atoms with van der Waals surface area (Å²) in [5, 5.41) is 3.51. The number of aromatic nitrogens is 1. The van der Waals surface area contributed by atoms with E-state index in [-0.39, 0.29) is 58.5 Å². The average Bonchev–Trinajstić information content (AvgIpc) is 4.05.